The third-order valence-corrected chi connectivity index (χ3v) is 8.56. The standard InChI is InChI=1S/C26H29FN8O4S/c27-17-12-16(39-21-14-37-13-19(21)36)3-4-18(17)33-8-5-32(6-9-33)7-10-34-15-40-22-24(34)30-26(28)35-25(22)29-23(31-35)20-2-1-11-38-20/h1-4,11-12,19,21,36H,5-10,13-15H2,(H2,28,30)/t19-,21-/m1/s1. The van der Waals surface area contributed by atoms with E-state index < -0.39 is 12.2 Å². The molecule has 12 nitrogen and oxygen atoms in total. The Morgan fingerprint density at radius 1 is 1.12 bits per heavy atom. The number of nitrogens with two attached hydrogens (primary N) is 1. The highest BCUT2D eigenvalue weighted by molar-refractivity contribution is 8.00. The van der Waals surface area contributed by atoms with E-state index in [0.717, 1.165) is 55.9 Å². The molecule has 2 atom stereocenters. The molecule has 2 fully saturated rings. The van der Waals surface area contributed by atoms with Gasteiger partial charge in [0.2, 0.25) is 11.8 Å². The summed E-state index contributed by atoms with van der Waals surface area (Å²) in [6.45, 7) is 5.27. The smallest absolute Gasteiger partial charge is 0.225 e. The van der Waals surface area contributed by atoms with Crippen molar-refractivity contribution in [2.45, 2.75) is 17.1 Å². The van der Waals surface area contributed by atoms with Crippen LogP contribution in [0, 0.1) is 5.82 Å². The average molecular weight is 569 g/mol. The summed E-state index contributed by atoms with van der Waals surface area (Å²) in [5.74, 6) is 2.99. The molecular formula is C26H29FN8O4S. The number of halogens is 1. The summed E-state index contributed by atoms with van der Waals surface area (Å²) in [5.41, 5.74) is 7.49. The fraction of sp³-hybridized carbons (Fsp3) is 0.423. The largest absolute Gasteiger partial charge is 0.485 e. The van der Waals surface area contributed by atoms with E-state index in [0.29, 0.717) is 35.3 Å². The molecular weight excluding hydrogens is 539 g/mol. The zero-order valence-electron chi connectivity index (χ0n) is 21.6. The van der Waals surface area contributed by atoms with E-state index >= 15 is 0 Å². The van der Waals surface area contributed by atoms with Crippen LogP contribution in [-0.4, -0.2) is 100 Å². The normalized spacial score (nSPS) is 21.4. The molecule has 14 heteroatoms. The lowest BCUT2D eigenvalue weighted by atomic mass is 10.2. The van der Waals surface area contributed by atoms with Gasteiger partial charge in [-0.25, -0.2) is 9.37 Å². The molecule has 4 aromatic rings. The molecule has 0 spiro atoms. The van der Waals surface area contributed by atoms with E-state index in [1.54, 1.807) is 40.7 Å². The minimum Gasteiger partial charge on any atom is -0.485 e. The summed E-state index contributed by atoms with van der Waals surface area (Å²) in [7, 11) is 0. The van der Waals surface area contributed by atoms with Crippen molar-refractivity contribution >= 4 is 34.9 Å². The van der Waals surface area contributed by atoms with Crippen LogP contribution in [0.4, 0.5) is 21.8 Å². The summed E-state index contributed by atoms with van der Waals surface area (Å²) < 4.78 is 32.9. The van der Waals surface area contributed by atoms with Gasteiger partial charge in [-0.05, 0) is 24.3 Å². The molecule has 2 saturated heterocycles. The molecule has 7 rings (SSSR count). The Kier molecular flexibility index (Phi) is 6.62. The van der Waals surface area contributed by atoms with Crippen molar-refractivity contribution in [3.63, 3.8) is 0 Å². The Hall–Kier alpha value is -3.59. The van der Waals surface area contributed by atoms with Gasteiger partial charge in [-0.1, -0.05) is 11.8 Å². The van der Waals surface area contributed by atoms with Crippen LogP contribution in [0.1, 0.15) is 0 Å². The molecule has 210 valence electrons. The van der Waals surface area contributed by atoms with Crippen LogP contribution < -0.4 is 20.3 Å². The lowest BCUT2D eigenvalue weighted by molar-refractivity contribution is 0.0731. The number of rotatable bonds is 7. The van der Waals surface area contributed by atoms with Gasteiger partial charge in [-0.15, -0.1) is 5.10 Å². The van der Waals surface area contributed by atoms with Crippen molar-refractivity contribution in [3.05, 3.63) is 42.4 Å². The van der Waals surface area contributed by atoms with Crippen molar-refractivity contribution < 1.29 is 23.4 Å². The third kappa shape index (κ3) is 4.70. The average Bonchev–Trinajstić information content (AvgIpc) is 3.76. The zero-order chi connectivity index (χ0) is 27.2. The molecule has 0 radical (unpaired) electrons. The van der Waals surface area contributed by atoms with E-state index in [2.05, 4.69) is 29.8 Å². The molecule has 0 saturated carbocycles. The summed E-state index contributed by atoms with van der Waals surface area (Å²) in [6, 6.07) is 8.50. The number of benzene rings is 1. The Bertz CT molecular complexity index is 1510. The minimum atomic E-state index is -0.694. The number of hydrogen-bond acceptors (Lipinski definition) is 12. The summed E-state index contributed by atoms with van der Waals surface area (Å²) >= 11 is 1.68. The highest BCUT2D eigenvalue weighted by Crippen LogP contribution is 2.40. The fourth-order valence-corrected chi connectivity index (χ4v) is 6.36. The number of nitrogen functional groups attached to an aromatic ring is 1. The van der Waals surface area contributed by atoms with Crippen LogP contribution in [-0.2, 0) is 4.74 Å². The minimum absolute atomic E-state index is 0.238. The first-order valence-corrected chi connectivity index (χ1v) is 14.2. The maximum absolute atomic E-state index is 14.9. The topological polar surface area (TPSA) is 131 Å². The first-order chi connectivity index (χ1) is 19.5. The van der Waals surface area contributed by atoms with Gasteiger partial charge in [0.05, 0.1) is 35.9 Å². The van der Waals surface area contributed by atoms with Gasteiger partial charge in [-0.3, -0.25) is 4.90 Å². The molecule has 0 aliphatic carbocycles. The van der Waals surface area contributed by atoms with Crippen molar-refractivity contribution in [2.24, 2.45) is 0 Å². The van der Waals surface area contributed by atoms with E-state index in [-0.39, 0.29) is 18.4 Å². The summed E-state index contributed by atoms with van der Waals surface area (Å²) in [6.07, 6.45) is 0.425. The van der Waals surface area contributed by atoms with Gasteiger partial charge >= 0.3 is 0 Å². The number of fused-ring (bicyclic) bond motifs is 3. The quantitative estimate of drug-likeness (QED) is 0.338. The second-order valence-corrected chi connectivity index (χ2v) is 11.0. The molecule has 3 aliphatic heterocycles. The molecule has 1 aromatic carbocycles. The highest BCUT2D eigenvalue weighted by Gasteiger charge is 2.30. The predicted molar refractivity (Wildman–Crippen MR) is 147 cm³/mol. The molecule has 0 unspecified atom stereocenters. The second kappa shape index (κ2) is 10.4. The summed E-state index contributed by atoms with van der Waals surface area (Å²) in [4.78, 5) is 16.9. The molecule has 6 heterocycles. The highest BCUT2D eigenvalue weighted by atomic mass is 32.2. The second-order valence-electron chi connectivity index (χ2n) is 10.0. The van der Waals surface area contributed by atoms with E-state index in [9.17, 15) is 9.50 Å². The fourth-order valence-electron chi connectivity index (χ4n) is 5.26. The Balaban J connectivity index is 0.961. The lowest BCUT2D eigenvalue weighted by Crippen LogP contribution is -2.48. The molecule has 3 N–H and O–H groups in total. The predicted octanol–water partition coefficient (Wildman–Crippen LogP) is 1.94. The number of anilines is 3. The van der Waals surface area contributed by atoms with Crippen molar-refractivity contribution in [1.29, 1.82) is 0 Å². The van der Waals surface area contributed by atoms with Crippen molar-refractivity contribution in [2.75, 3.05) is 73.9 Å². The Morgan fingerprint density at radius 2 is 2.00 bits per heavy atom. The number of aliphatic hydroxyl groups is 1. The van der Waals surface area contributed by atoms with Crippen molar-refractivity contribution in [1.82, 2.24) is 24.5 Å². The summed E-state index contributed by atoms with van der Waals surface area (Å²) in [5, 5.41) is 14.3. The zero-order valence-corrected chi connectivity index (χ0v) is 22.5. The van der Waals surface area contributed by atoms with Gasteiger partial charge in [0.15, 0.2) is 17.2 Å². The molecule has 3 aromatic heterocycles. The van der Waals surface area contributed by atoms with Gasteiger partial charge in [0.1, 0.15) is 23.8 Å². The molecule has 0 bridgehead atoms. The van der Waals surface area contributed by atoms with E-state index in [1.165, 1.54) is 6.07 Å². The van der Waals surface area contributed by atoms with Crippen LogP contribution in [0.15, 0.2) is 45.9 Å². The van der Waals surface area contributed by atoms with Crippen LogP contribution in [0.5, 0.6) is 5.75 Å². The van der Waals surface area contributed by atoms with Gasteiger partial charge in [-0.2, -0.15) is 9.50 Å². The van der Waals surface area contributed by atoms with Crippen LogP contribution in [0.2, 0.25) is 0 Å². The molecule has 3 aliphatic rings. The number of aliphatic hydroxyl groups excluding tert-OH is 1. The number of nitrogens with zero attached hydrogens (tertiary/aromatic N) is 7. The third-order valence-electron chi connectivity index (χ3n) is 7.46. The monoisotopic (exact) mass is 568 g/mol. The number of thioether (sulfide) groups is 1. The van der Waals surface area contributed by atoms with Crippen LogP contribution in [0.3, 0.4) is 0 Å². The maximum Gasteiger partial charge on any atom is 0.225 e. The number of hydrogen-bond donors (Lipinski definition) is 2. The number of ether oxygens (including phenoxy) is 2. The first-order valence-electron chi connectivity index (χ1n) is 13.2. The lowest BCUT2D eigenvalue weighted by Gasteiger charge is -2.37. The van der Waals surface area contributed by atoms with Crippen LogP contribution in [0.25, 0.3) is 17.2 Å². The van der Waals surface area contributed by atoms with E-state index in [1.807, 2.05) is 6.07 Å². The Morgan fingerprint density at radius 3 is 2.75 bits per heavy atom. The van der Waals surface area contributed by atoms with Crippen LogP contribution >= 0.6 is 11.8 Å². The van der Waals surface area contributed by atoms with Crippen molar-refractivity contribution in [3.8, 4) is 17.3 Å². The molecule has 40 heavy (non-hydrogen) atoms. The first kappa shape index (κ1) is 25.4. The van der Waals surface area contributed by atoms with Gasteiger partial charge in [0, 0.05) is 45.3 Å². The van der Waals surface area contributed by atoms with Gasteiger partial charge < -0.3 is 34.5 Å². The van der Waals surface area contributed by atoms with Gasteiger partial charge in [0.25, 0.3) is 0 Å². The maximum atomic E-state index is 14.9. The van der Waals surface area contributed by atoms with E-state index in [4.69, 9.17) is 19.6 Å². The number of furan rings is 1. The number of piperazine rings is 1. The SMILES string of the molecule is Nc1nc2c(c3nc(-c4ccco4)nn13)SCN2CCN1CCN(c2ccc(O[C@@H]3COC[C@H]3O)cc2F)CC1. The molecule has 0 amide bonds. The Labute approximate surface area is 233 Å². The number of aromatic nitrogens is 4.